The predicted octanol–water partition coefficient (Wildman–Crippen LogP) is 3.58. The van der Waals surface area contributed by atoms with Crippen LogP contribution in [0.1, 0.15) is 0 Å². The number of anilines is 1. The molecule has 2 heterocycles. The topological polar surface area (TPSA) is 64.7 Å². The van der Waals surface area contributed by atoms with Gasteiger partial charge in [0.1, 0.15) is 11.5 Å². The number of hydrogen-bond donors (Lipinski definition) is 1. The molecule has 2 aromatic heterocycles. The van der Waals surface area contributed by atoms with Gasteiger partial charge in [-0.05, 0) is 36.4 Å². The number of halogens is 2. The van der Waals surface area contributed by atoms with Gasteiger partial charge in [0.25, 0.3) is 0 Å². The number of nitrogens with zero attached hydrogens (tertiary/aromatic N) is 3. The molecule has 4 nitrogen and oxygen atoms in total. The molecule has 21 heavy (non-hydrogen) atoms. The molecule has 0 bridgehead atoms. The third-order valence-corrected chi connectivity index (χ3v) is 3.17. The van der Waals surface area contributed by atoms with Crippen molar-refractivity contribution in [2.45, 2.75) is 0 Å². The predicted molar refractivity (Wildman–Crippen MR) is 80.1 cm³/mol. The molecule has 1 aromatic carbocycles. The van der Waals surface area contributed by atoms with E-state index in [2.05, 4.69) is 15.0 Å². The summed E-state index contributed by atoms with van der Waals surface area (Å²) in [6.45, 7) is 0. The molecule has 0 saturated carbocycles. The number of pyridine rings is 1. The summed E-state index contributed by atoms with van der Waals surface area (Å²) in [7, 11) is 0. The third-order valence-electron chi connectivity index (χ3n) is 2.89. The molecule has 6 heteroatoms. The van der Waals surface area contributed by atoms with E-state index >= 15 is 0 Å². The van der Waals surface area contributed by atoms with Crippen molar-refractivity contribution < 1.29 is 4.39 Å². The first-order valence-electron chi connectivity index (χ1n) is 6.15. The highest BCUT2D eigenvalue weighted by Gasteiger charge is 2.09. The standard InChI is InChI=1S/C15H10ClFN4/c16-11-8-19-15(18)21-14(11)13-3-1-2-12(20-13)9-4-6-10(17)7-5-9/h1-8H,(H2,18,19,21). The minimum atomic E-state index is -0.290. The maximum absolute atomic E-state index is 13.0. The van der Waals surface area contributed by atoms with E-state index < -0.39 is 0 Å². The summed E-state index contributed by atoms with van der Waals surface area (Å²) in [5.41, 5.74) is 8.12. The lowest BCUT2D eigenvalue weighted by Crippen LogP contribution is -1.98. The molecule has 0 spiro atoms. The fourth-order valence-corrected chi connectivity index (χ4v) is 2.10. The highest BCUT2D eigenvalue weighted by molar-refractivity contribution is 6.32. The Kier molecular flexibility index (Phi) is 3.50. The van der Waals surface area contributed by atoms with Crippen LogP contribution in [0.5, 0.6) is 0 Å². The fraction of sp³-hybridized carbons (Fsp3) is 0. The Morgan fingerprint density at radius 2 is 1.67 bits per heavy atom. The summed E-state index contributed by atoms with van der Waals surface area (Å²) < 4.78 is 13.0. The third kappa shape index (κ3) is 2.83. The minimum absolute atomic E-state index is 0.128. The van der Waals surface area contributed by atoms with Crippen LogP contribution in [0, 0.1) is 5.82 Å². The van der Waals surface area contributed by atoms with Crippen molar-refractivity contribution in [3.63, 3.8) is 0 Å². The van der Waals surface area contributed by atoms with Crippen molar-refractivity contribution in [2.75, 3.05) is 5.73 Å². The van der Waals surface area contributed by atoms with E-state index in [1.165, 1.54) is 18.3 Å². The van der Waals surface area contributed by atoms with Gasteiger partial charge in [0.05, 0.1) is 22.6 Å². The molecule has 0 radical (unpaired) electrons. The van der Waals surface area contributed by atoms with Gasteiger partial charge >= 0.3 is 0 Å². The first-order valence-corrected chi connectivity index (χ1v) is 6.52. The van der Waals surface area contributed by atoms with Crippen LogP contribution in [0.25, 0.3) is 22.6 Å². The molecule has 0 atom stereocenters. The Balaban J connectivity index is 2.08. The molecule has 2 N–H and O–H groups in total. The van der Waals surface area contributed by atoms with Gasteiger partial charge in [-0.2, -0.15) is 0 Å². The maximum Gasteiger partial charge on any atom is 0.220 e. The van der Waals surface area contributed by atoms with Crippen molar-refractivity contribution in [1.82, 2.24) is 15.0 Å². The van der Waals surface area contributed by atoms with Crippen LogP contribution < -0.4 is 5.73 Å². The number of hydrogen-bond acceptors (Lipinski definition) is 4. The smallest absolute Gasteiger partial charge is 0.220 e. The van der Waals surface area contributed by atoms with Crippen molar-refractivity contribution >= 4 is 17.5 Å². The highest BCUT2D eigenvalue weighted by atomic mass is 35.5. The van der Waals surface area contributed by atoms with Gasteiger partial charge in [-0.3, -0.25) is 0 Å². The lowest BCUT2D eigenvalue weighted by molar-refractivity contribution is 0.628. The molecule has 0 aliphatic heterocycles. The fourth-order valence-electron chi connectivity index (χ4n) is 1.91. The molecule has 0 amide bonds. The Bertz CT molecular complexity index is 790. The first kappa shape index (κ1) is 13.5. The van der Waals surface area contributed by atoms with Crippen LogP contribution in [-0.4, -0.2) is 15.0 Å². The summed E-state index contributed by atoms with van der Waals surface area (Å²) >= 11 is 6.08. The Labute approximate surface area is 125 Å². The van der Waals surface area contributed by atoms with Crippen LogP contribution in [0.3, 0.4) is 0 Å². The average Bonchev–Trinajstić information content (AvgIpc) is 2.50. The lowest BCUT2D eigenvalue weighted by Gasteiger charge is -2.06. The Hall–Kier alpha value is -2.53. The molecule has 0 aliphatic rings. The zero-order chi connectivity index (χ0) is 14.8. The number of benzene rings is 1. The van der Waals surface area contributed by atoms with E-state index in [9.17, 15) is 4.39 Å². The summed E-state index contributed by atoms with van der Waals surface area (Å²) in [5.74, 6) is -0.162. The van der Waals surface area contributed by atoms with Gasteiger partial charge in [0.15, 0.2) is 0 Å². The maximum atomic E-state index is 13.0. The van der Waals surface area contributed by atoms with E-state index in [4.69, 9.17) is 17.3 Å². The van der Waals surface area contributed by atoms with Crippen LogP contribution in [0.15, 0.2) is 48.7 Å². The van der Waals surface area contributed by atoms with E-state index in [0.717, 1.165) is 5.56 Å². The van der Waals surface area contributed by atoms with Gasteiger partial charge in [0.2, 0.25) is 5.95 Å². The normalized spacial score (nSPS) is 10.6. The van der Waals surface area contributed by atoms with Crippen molar-refractivity contribution in [3.8, 4) is 22.6 Å². The zero-order valence-electron chi connectivity index (χ0n) is 10.8. The number of aromatic nitrogens is 3. The molecular formula is C15H10ClFN4. The van der Waals surface area contributed by atoms with E-state index in [1.54, 1.807) is 18.2 Å². The lowest BCUT2D eigenvalue weighted by atomic mass is 10.1. The largest absolute Gasteiger partial charge is 0.368 e. The minimum Gasteiger partial charge on any atom is -0.368 e. The van der Waals surface area contributed by atoms with Gasteiger partial charge in [-0.1, -0.05) is 17.7 Å². The second kappa shape index (κ2) is 5.46. The van der Waals surface area contributed by atoms with Gasteiger partial charge in [-0.15, -0.1) is 0 Å². The van der Waals surface area contributed by atoms with Crippen LogP contribution in [0.2, 0.25) is 5.02 Å². The van der Waals surface area contributed by atoms with Crippen LogP contribution in [0.4, 0.5) is 10.3 Å². The molecular weight excluding hydrogens is 291 g/mol. The highest BCUT2D eigenvalue weighted by Crippen LogP contribution is 2.26. The second-order valence-corrected chi connectivity index (χ2v) is 4.75. The molecule has 0 saturated heterocycles. The number of rotatable bonds is 2. The molecule has 0 aliphatic carbocycles. The van der Waals surface area contributed by atoms with Gasteiger partial charge in [-0.25, -0.2) is 19.3 Å². The van der Waals surface area contributed by atoms with Crippen LogP contribution in [-0.2, 0) is 0 Å². The first-order chi connectivity index (χ1) is 10.1. The summed E-state index contributed by atoms with van der Waals surface area (Å²) in [4.78, 5) is 12.4. The number of nitrogens with two attached hydrogens (primary N) is 1. The van der Waals surface area contributed by atoms with Gasteiger partial charge < -0.3 is 5.73 Å². The Morgan fingerprint density at radius 3 is 2.43 bits per heavy atom. The summed E-state index contributed by atoms with van der Waals surface area (Å²) in [6.07, 6.45) is 1.44. The Morgan fingerprint density at radius 1 is 0.952 bits per heavy atom. The molecule has 3 rings (SSSR count). The van der Waals surface area contributed by atoms with E-state index in [0.29, 0.717) is 22.1 Å². The van der Waals surface area contributed by atoms with Crippen molar-refractivity contribution in [3.05, 3.63) is 59.5 Å². The van der Waals surface area contributed by atoms with Gasteiger partial charge in [0, 0.05) is 5.56 Å². The zero-order valence-corrected chi connectivity index (χ0v) is 11.5. The quantitative estimate of drug-likeness (QED) is 0.785. The molecule has 0 fully saturated rings. The van der Waals surface area contributed by atoms with Crippen molar-refractivity contribution in [1.29, 1.82) is 0 Å². The molecule has 0 unspecified atom stereocenters. The number of nitrogen functional groups attached to an aromatic ring is 1. The summed E-state index contributed by atoms with van der Waals surface area (Å²) in [6, 6.07) is 11.5. The summed E-state index contributed by atoms with van der Waals surface area (Å²) in [5, 5.41) is 0.368. The van der Waals surface area contributed by atoms with E-state index in [-0.39, 0.29) is 11.8 Å². The second-order valence-electron chi connectivity index (χ2n) is 4.34. The van der Waals surface area contributed by atoms with Crippen molar-refractivity contribution in [2.24, 2.45) is 0 Å². The van der Waals surface area contributed by atoms with Crippen LogP contribution >= 0.6 is 11.6 Å². The monoisotopic (exact) mass is 300 g/mol. The molecule has 104 valence electrons. The SMILES string of the molecule is Nc1ncc(Cl)c(-c2cccc(-c3ccc(F)cc3)n2)n1. The average molecular weight is 301 g/mol. The molecule has 3 aromatic rings. The van der Waals surface area contributed by atoms with E-state index in [1.807, 2.05) is 12.1 Å².